The van der Waals surface area contributed by atoms with Gasteiger partial charge < -0.3 is 10.6 Å². The third-order valence-electron chi connectivity index (χ3n) is 4.39. The fraction of sp³-hybridized carbons (Fsp3) is 0.643. The molecule has 1 amide bonds. The summed E-state index contributed by atoms with van der Waals surface area (Å²) in [6.07, 6.45) is 1.32. The van der Waals surface area contributed by atoms with Crippen LogP contribution in [0.15, 0.2) is 10.1 Å². The van der Waals surface area contributed by atoms with E-state index in [1.165, 1.54) is 6.21 Å². The standard InChI is InChI=1S/C14H18BrN5O2/c1-4-13(5-2)12(22-19-6-3)20-10(15)9(7-16)14(13,8-17)11(18)21/h6,9,12H,4-5H2,1-3H3,(H2,18,21)/b19-6-/t9?,12-,14+/m1/s1. The molecule has 7 nitrogen and oxygen atoms in total. The summed E-state index contributed by atoms with van der Waals surface area (Å²) in [6.45, 7) is 5.30. The molecule has 3 atom stereocenters. The summed E-state index contributed by atoms with van der Waals surface area (Å²) in [5, 5.41) is 23.0. The number of nitriles is 2. The quantitative estimate of drug-likeness (QED) is 0.589. The first-order chi connectivity index (χ1) is 10.4. The number of aliphatic imine (C=N–C) groups is 1. The maximum Gasteiger partial charge on any atom is 0.240 e. The molecule has 1 rings (SSSR count). The molecule has 1 aliphatic rings. The number of nitrogens with zero attached hydrogens (tertiary/aromatic N) is 4. The molecule has 0 saturated carbocycles. The fourth-order valence-electron chi connectivity index (χ4n) is 3.14. The number of nitrogens with two attached hydrogens (primary N) is 1. The van der Waals surface area contributed by atoms with Crippen molar-refractivity contribution in [2.24, 2.45) is 32.6 Å². The second kappa shape index (κ2) is 6.89. The van der Waals surface area contributed by atoms with Crippen LogP contribution in [0, 0.1) is 39.4 Å². The van der Waals surface area contributed by atoms with Crippen molar-refractivity contribution in [1.82, 2.24) is 0 Å². The van der Waals surface area contributed by atoms with E-state index >= 15 is 0 Å². The molecule has 0 saturated heterocycles. The second-order valence-corrected chi connectivity index (χ2v) is 5.80. The van der Waals surface area contributed by atoms with Gasteiger partial charge in [-0.25, -0.2) is 4.99 Å². The van der Waals surface area contributed by atoms with Gasteiger partial charge in [0.05, 0.1) is 17.6 Å². The van der Waals surface area contributed by atoms with Crippen molar-refractivity contribution in [2.75, 3.05) is 0 Å². The molecule has 118 valence electrons. The van der Waals surface area contributed by atoms with E-state index in [-0.39, 0.29) is 4.62 Å². The fourth-order valence-corrected chi connectivity index (χ4v) is 3.77. The third-order valence-corrected chi connectivity index (χ3v) is 5.05. The Hall–Kier alpha value is -1.93. The molecule has 1 heterocycles. The Kier molecular flexibility index (Phi) is 5.67. The monoisotopic (exact) mass is 367 g/mol. The molecule has 0 aromatic rings. The molecule has 2 N–H and O–H groups in total. The van der Waals surface area contributed by atoms with Gasteiger partial charge in [0.2, 0.25) is 12.1 Å². The van der Waals surface area contributed by atoms with Crippen molar-refractivity contribution in [3.63, 3.8) is 0 Å². The van der Waals surface area contributed by atoms with Gasteiger partial charge in [-0.1, -0.05) is 19.0 Å². The Labute approximate surface area is 137 Å². The number of oxime groups is 1. The molecule has 8 heteroatoms. The lowest BCUT2D eigenvalue weighted by Crippen LogP contribution is -2.62. The van der Waals surface area contributed by atoms with Crippen molar-refractivity contribution >= 4 is 32.7 Å². The minimum absolute atomic E-state index is 0.171. The van der Waals surface area contributed by atoms with Gasteiger partial charge in [-0.05, 0) is 35.7 Å². The second-order valence-electron chi connectivity index (χ2n) is 4.98. The summed E-state index contributed by atoms with van der Waals surface area (Å²) in [4.78, 5) is 21.9. The Bertz CT molecular complexity index is 585. The Balaban J connectivity index is 3.74. The molecule has 0 aromatic heterocycles. The van der Waals surface area contributed by atoms with Gasteiger partial charge in [0, 0.05) is 6.21 Å². The lowest BCUT2D eigenvalue weighted by molar-refractivity contribution is -0.149. The molecule has 0 radical (unpaired) electrons. The number of primary amides is 1. The lowest BCUT2D eigenvalue weighted by Gasteiger charge is -2.49. The molecule has 0 spiro atoms. The summed E-state index contributed by atoms with van der Waals surface area (Å²) in [6, 6.07) is 3.99. The van der Waals surface area contributed by atoms with Gasteiger partial charge in [0.15, 0.2) is 5.41 Å². The average Bonchev–Trinajstić information content (AvgIpc) is 2.51. The number of carbonyl (C=O) groups is 1. The number of rotatable bonds is 5. The number of carbonyl (C=O) groups excluding carboxylic acids is 1. The highest BCUT2D eigenvalue weighted by atomic mass is 79.9. The SMILES string of the molecule is C/C=N\O[C@H]1N=C(Br)C(C#N)[C@@](C#N)(C(N)=O)C1(CC)CC. The van der Waals surface area contributed by atoms with Crippen molar-refractivity contribution in [1.29, 1.82) is 10.5 Å². The van der Waals surface area contributed by atoms with Crippen LogP contribution in [-0.2, 0) is 9.63 Å². The van der Waals surface area contributed by atoms with Crippen molar-refractivity contribution < 1.29 is 9.63 Å². The zero-order valence-electron chi connectivity index (χ0n) is 12.7. The predicted octanol–water partition coefficient (Wildman–Crippen LogP) is 2.08. The molecular formula is C14H18BrN5O2. The maximum absolute atomic E-state index is 12.3. The highest BCUT2D eigenvalue weighted by Crippen LogP contribution is 2.56. The number of halogens is 1. The Morgan fingerprint density at radius 3 is 2.50 bits per heavy atom. The molecule has 0 fully saturated rings. The number of amides is 1. The summed E-state index contributed by atoms with van der Waals surface area (Å²) >= 11 is 3.18. The van der Waals surface area contributed by atoms with Crippen LogP contribution < -0.4 is 5.73 Å². The molecule has 0 bridgehead atoms. The number of hydrogen-bond acceptors (Lipinski definition) is 6. The van der Waals surface area contributed by atoms with Crippen molar-refractivity contribution in [3.05, 3.63) is 0 Å². The van der Waals surface area contributed by atoms with Gasteiger partial charge in [-0.3, -0.25) is 4.79 Å². The van der Waals surface area contributed by atoms with Crippen LogP contribution in [0.2, 0.25) is 0 Å². The van der Waals surface area contributed by atoms with Gasteiger partial charge in [-0.15, -0.1) is 0 Å². The topological polar surface area (TPSA) is 125 Å². The minimum atomic E-state index is -1.75. The first kappa shape index (κ1) is 18.1. The van der Waals surface area contributed by atoms with Crippen LogP contribution in [0.5, 0.6) is 0 Å². The van der Waals surface area contributed by atoms with E-state index in [1.54, 1.807) is 6.92 Å². The van der Waals surface area contributed by atoms with E-state index in [2.05, 4.69) is 26.1 Å². The van der Waals surface area contributed by atoms with Crippen LogP contribution in [0.4, 0.5) is 0 Å². The van der Waals surface area contributed by atoms with Crippen molar-refractivity contribution in [3.8, 4) is 12.1 Å². The molecule has 1 aliphatic heterocycles. The lowest BCUT2D eigenvalue weighted by atomic mass is 9.53. The zero-order valence-corrected chi connectivity index (χ0v) is 14.3. The summed E-state index contributed by atoms with van der Waals surface area (Å²) in [5.41, 5.74) is 2.78. The van der Waals surface area contributed by atoms with Crippen LogP contribution in [0.3, 0.4) is 0 Å². The smallest absolute Gasteiger partial charge is 0.240 e. The van der Waals surface area contributed by atoms with Gasteiger partial charge in [-0.2, -0.15) is 10.5 Å². The normalized spacial score (nSPS) is 30.2. The van der Waals surface area contributed by atoms with Crippen LogP contribution >= 0.6 is 15.9 Å². The first-order valence-corrected chi connectivity index (χ1v) is 7.68. The predicted molar refractivity (Wildman–Crippen MR) is 84.8 cm³/mol. The van der Waals surface area contributed by atoms with E-state index < -0.39 is 28.9 Å². The van der Waals surface area contributed by atoms with Crippen LogP contribution in [0.25, 0.3) is 0 Å². The van der Waals surface area contributed by atoms with Crippen LogP contribution in [0.1, 0.15) is 33.6 Å². The Morgan fingerprint density at radius 2 is 2.14 bits per heavy atom. The van der Waals surface area contributed by atoms with Crippen LogP contribution in [-0.4, -0.2) is 23.0 Å². The molecule has 0 aromatic carbocycles. The summed E-state index contributed by atoms with van der Waals surface area (Å²) < 4.78 is 0.171. The third kappa shape index (κ3) is 2.28. The van der Waals surface area contributed by atoms with Gasteiger partial charge in [0.1, 0.15) is 10.5 Å². The Morgan fingerprint density at radius 1 is 1.55 bits per heavy atom. The molecule has 0 aliphatic carbocycles. The summed E-state index contributed by atoms with van der Waals surface area (Å²) in [7, 11) is 0. The average molecular weight is 368 g/mol. The van der Waals surface area contributed by atoms with Gasteiger partial charge >= 0.3 is 0 Å². The summed E-state index contributed by atoms with van der Waals surface area (Å²) in [5.74, 6) is -1.94. The molecular weight excluding hydrogens is 350 g/mol. The molecule has 22 heavy (non-hydrogen) atoms. The minimum Gasteiger partial charge on any atom is -0.368 e. The van der Waals surface area contributed by atoms with E-state index in [0.717, 1.165) is 0 Å². The van der Waals surface area contributed by atoms with E-state index in [1.807, 2.05) is 26.0 Å². The highest BCUT2D eigenvalue weighted by Gasteiger charge is 2.67. The zero-order chi connectivity index (χ0) is 17.0. The molecule has 1 unspecified atom stereocenters. The largest absolute Gasteiger partial charge is 0.368 e. The highest BCUT2D eigenvalue weighted by molar-refractivity contribution is 9.18. The maximum atomic E-state index is 12.3. The van der Waals surface area contributed by atoms with Crippen molar-refractivity contribution in [2.45, 2.75) is 39.8 Å². The van der Waals surface area contributed by atoms with E-state index in [9.17, 15) is 15.3 Å². The van der Waals surface area contributed by atoms with E-state index in [0.29, 0.717) is 12.8 Å². The van der Waals surface area contributed by atoms with E-state index in [4.69, 9.17) is 10.6 Å². The van der Waals surface area contributed by atoms with Gasteiger partial charge in [0.25, 0.3) is 0 Å². The number of hydrogen-bond donors (Lipinski definition) is 1. The first-order valence-electron chi connectivity index (χ1n) is 6.89.